The summed E-state index contributed by atoms with van der Waals surface area (Å²) in [6, 6.07) is 6.82. The van der Waals surface area contributed by atoms with Gasteiger partial charge in [-0.25, -0.2) is 0 Å². The third kappa shape index (κ3) is 2.88. The van der Waals surface area contributed by atoms with Crippen molar-refractivity contribution in [1.82, 2.24) is 10.2 Å². The summed E-state index contributed by atoms with van der Waals surface area (Å²) in [5.74, 6) is -0.260. The molecule has 0 spiro atoms. The number of benzene rings is 1. The predicted octanol–water partition coefficient (Wildman–Crippen LogP) is 1.73. The summed E-state index contributed by atoms with van der Waals surface area (Å²) >= 11 is 6.18. The van der Waals surface area contributed by atoms with E-state index >= 15 is 0 Å². The van der Waals surface area contributed by atoms with E-state index < -0.39 is 0 Å². The van der Waals surface area contributed by atoms with E-state index in [4.69, 9.17) is 18.0 Å². The fourth-order valence-electron chi connectivity index (χ4n) is 1.33. The lowest BCUT2D eigenvalue weighted by atomic mass is 10.1. The van der Waals surface area contributed by atoms with E-state index in [9.17, 15) is 4.79 Å². The van der Waals surface area contributed by atoms with Gasteiger partial charge in [0.05, 0.1) is 0 Å². The van der Waals surface area contributed by atoms with Gasteiger partial charge < -0.3 is 5.73 Å². The van der Waals surface area contributed by atoms with Crippen molar-refractivity contribution in [2.45, 2.75) is 6.92 Å². The van der Waals surface area contributed by atoms with Crippen molar-refractivity contribution >= 4 is 39.6 Å². The number of carbonyl (C=O) groups is 1. The molecule has 0 atom stereocenters. The van der Waals surface area contributed by atoms with Crippen LogP contribution in [0.15, 0.2) is 24.3 Å². The molecule has 0 fully saturated rings. The van der Waals surface area contributed by atoms with Crippen molar-refractivity contribution in [2.75, 3.05) is 5.32 Å². The quantitative estimate of drug-likeness (QED) is 0.836. The number of aryl methyl sites for hydroxylation is 1. The molecule has 1 heterocycles. The van der Waals surface area contributed by atoms with Gasteiger partial charge in [0.1, 0.15) is 10.00 Å². The number of hydrogen-bond acceptors (Lipinski definition) is 5. The fourth-order valence-corrected chi connectivity index (χ4v) is 2.04. The molecule has 2 rings (SSSR count). The largest absolute Gasteiger partial charge is 0.389 e. The van der Waals surface area contributed by atoms with Crippen LogP contribution in [-0.4, -0.2) is 21.1 Å². The molecule has 0 saturated heterocycles. The number of nitrogens with one attached hydrogen (secondary N) is 1. The Labute approximate surface area is 113 Å². The molecule has 0 saturated carbocycles. The van der Waals surface area contributed by atoms with Crippen LogP contribution in [-0.2, 0) is 0 Å². The molecule has 0 unspecified atom stereocenters. The van der Waals surface area contributed by atoms with E-state index in [1.807, 2.05) is 6.92 Å². The lowest BCUT2D eigenvalue weighted by Crippen LogP contribution is -2.14. The molecule has 18 heavy (non-hydrogen) atoms. The van der Waals surface area contributed by atoms with Crippen LogP contribution in [0, 0.1) is 6.92 Å². The standard InChI is InChI=1S/C11H10N4OS2/c1-6-14-15-11(18-6)13-10(16)8-4-2-3-7(5-8)9(12)17/h2-5H,1H3,(H2,12,17)(H,13,15,16). The summed E-state index contributed by atoms with van der Waals surface area (Å²) in [6.07, 6.45) is 0. The molecular formula is C11H10N4OS2. The minimum absolute atomic E-state index is 0.260. The summed E-state index contributed by atoms with van der Waals surface area (Å²) in [5, 5.41) is 11.6. The Morgan fingerprint density at radius 3 is 2.72 bits per heavy atom. The molecule has 1 aromatic heterocycles. The van der Waals surface area contributed by atoms with E-state index in [-0.39, 0.29) is 10.9 Å². The highest BCUT2D eigenvalue weighted by molar-refractivity contribution is 7.80. The minimum Gasteiger partial charge on any atom is -0.389 e. The van der Waals surface area contributed by atoms with Gasteiger partial charge in [0, 0.05) is 11.1 Å². The van der Waals surface area contributed by atoms with Crippen LogP contribution in [0.3, 0.4) is 0 Å². The Morgan fingerprint density at radius 1 is 1.39 bits per heavy atom. The van der Waals surface area contributed by atoms with Crippen LogP contribution in [0.2, 0.25) is 0 Å². The maximum absolute atomic E-state index is 11.9. The first-order valence-corrected chi connectivity index (χ1v) is 6.30. The van der Waals surface area contributed by atoms with Gasteiger partial charge in [-0.1, -0.05) is 35.7 Å². The topological polar surface area (TPSA) is 80.9 Å². The second kappa shape index (κ2) is 5.19. The summed E-state index contributed by atoms with van der Waals surface area (Å²) in [6.45, 7) is 1.82. The Bertz CT molecular complexity index is 609. The normalized spacial score (nSPS) is 10.1. The molecule has 92 valence electrons. The van der Waals surface area contributed by atoms with Gasteiger partial charge in [0.15, 0.2) is 0 Å². The van der Waals surface area contributed by atoms with Crippen LogP contribution >= 0.6 is 23.6 Å². The molecule has 0 bridgehead atoms. The number of thiocarbonyl (C=S) groups is 1. The number of rotatable bonds is 3. The average Bonchev–Trinajstić information content (AvgIpc) is 2.75. The maximum Gasteiger partial charge on any atom is 0.257 e. The first kappa shape index (κ1) is 12.6. The second-order valence-corrected chi connectivity index (χ2v) is 5.15. The highest BCUT2D eigenvalue weighted by atomic mass is 32.1. The number of nitrogens with two attached hydrogens (primary N) is 1. The van der Waals surface area contributed by atoms with Crippen LogP contribution in [0.4, 0.5) is 5.13 Å². The monoisotopic (exact) mass is 278 g/mol. The van der Waals surface area contributed by atoms with E-state index in [2.05, 4.69) is 15.5 Å². The van der Waals surface area contributed by atoms with Crippen LogP contribution in [0.25, 0.3) is 0 Å². The second-order valence-electron chi connectivity index (χ2n) is 3.53. The van der Waals surface area contributed by atoms with Gasteiger partial charge in [0.2, 0.25) is 5.13 Å². The van der Waals surface area contributed by atoms with E-state index in [0.717, 1.165) is 5.01 Å². The van der Waals surface area contributed by atoms with Gasteiger partial charge in [-0.3, -0.25) is 10.1 Å². The third-order valence-electron chi connectivity index (χ3n) is 2.16. The van der Waals surface area contributed by atoms with Crippen molar-refractivity contribution < 1.29 is 4.79 Å². The van der Waals surface area contributed by atoms with Crippen molar-refractivity contribution in [3.63, 3.8) is 0 Å². The van der Waals surface area contributed by atoms with E-state index in [0.29, 0.717) is 16.3 Å². The summed E-state index contributed by atoms with van der Waals surface area (Å²) in [7, 11) is 0. The van der Waals surface area contributed by atoms with E-state index in [1.165, 1.54) is 11.3 Å². The van der Waals surface area contributed by atoms with Gasteiger partial charge in [-0.05, 0) is 19.1 Å². The minimum atomic E-state index is -0.260. The molecule has 7 heteroatoms. The molecule has 0 aliphatic heterocycles. The predicted molar refractivity (Wildman–Crippen MR) is 74.9 cm³/mol. The average molecular weight is 278 g/mol. The smallest absolute Gasteiger partial charge is 0.257 e. The maximum atomic E-state index is 11.9. The number of hydrogen-bond donors (Lipinski definition) is 2. The van der Waals surface area contributed by atoms with Crippen molar-refractivity contribution in [3.8, 4) is 0 Å². The van der Waals surface area contributed by atoms with Crippen molar-refractivity contribution in [2.24, 2.45) is 5.73 Å². The Balaban J connectivity index is 2.18. The zero-order chi connectivity index (χ0) is 13.1. The SMILES string of the molecule is Cc1nnc(NC(=O)c2cccc(C(N)=S)c2)s1. The lowest BCUT2D eigenvalue weighted by Gasteiger charge is -2.03. The molecular weight excluding hydrogens is 268 g/mol. The molecule has 3 N–H and O–H groups in total. The van der Waals surface area contributed by atoms with Crippen LogP contribution < -0.4 is 11.1 Å². The first-order chi connectivity index (χ1) is 8.56. The Kier molecular flexibility index (Phi) is 3.63. The number of amides is 1. The number of aromatic nitrogens is 2. The van der Waals surface area contributed by atoms with Gasteiger partial charge in [-0.2, -0.15) is 0 Å². The molecule has 5 nitrogen and oxygen atoms in total. The van der Waals surface area contributed by atoms with Gasteiger partial charge >= 0.3 is 0 Å². The van der Waals surface area contributed by atoms with Crippen LogP contribution in [0.5, 0.6) is 0 Å². The Morgan fingerprint density at radius 2 is 2.11 bits per heavy atom. The fraction of sp³-hybridized carbons (Fsp3) is 0.0909. The Hall–Kier alpha value is -1.86. The highest BCUT2D eigenvalue weighted by Gasteiger charge is 2.10. The number of anilines is 1. The molecule has 0 aliphatic rings. The lowest BCUT2D eigenvalue weighted by molar-refractivity contribution is 0.102. The van der Waals surface area contributed by atoms with Gasteiger partial charge in [-0.15, -0.1) is 10.2 Å². The first-order valence-electron chi connectivity index (χ1n) is 5.07. The van der Waals surface area contributed by atoms with Crippen molar-refractivity contribution in [1.29, 1.82) is 0 Å². The van der Waals surface area contributed by atoms with Crippen LogP contribution in [0.1, 0.15) is 20.9 Å². The third-order valence-corrected chi connectivity index (χ3v) is 3.15. The molecule has 2 aromatic rings. The molecule has 1 amide bonds. The summed E-state index contributed by atoms with van der Waals surface area (Å²) in [5.41, 5.74) is 6.66. The number of nitrogens with zero attached hydrogens (tertiary/aromatic N) is 2. The van der Waals surface area contributed by atoms with Gasteiger partial charge in [0.25, 0.3) is 5.91 Å². The summed E-state index contributed by atoms with van der Waals surface area (Å²) < 4.78 is 0. The summed E-state index contributed by atoms with van der Waals surface area (Å²) in [4.78, 5) is 12.2. The zero-order valence-corrected chi connectivity index (χ0v) is 11.1. The molecule has 0 aliphatic carbocycles. The molecule has 1 aromatic carbocycles. The highest BCUT2D eigenvalue weighted by Crippen LogP contribution is 2.15. The van der Waals surface area contributed by atoms with Crippen molar-refractivity contribution in [3.05, 3.63) is 40.4 Å². The van der Waals surface area contributed by atoms with E-state index in [1.54, 1.807) is 24.3 Å². The zero-order valence-electron chi connectivity index (χ0n) is 9.51. The number of carbonyl (C=O) groups excluding carboxylic acids is 1. The molecule has 0 radical (unpaired) electrons.